The molecule has 142 valence electrons. The van der Waals surface area contributed by atoms with Gasteiger partial charge in [0, 0.05) is 26.8 Å². The molecule has 0 unspecified atom stereocenters. The van der Waals surface area contributed by atoms with Crippen molar-refractivity contribution in [3.8, 4) is 5.75 Å². The minimum Gasteiger partial charge on any atom is -0.494 e. The standard InChI is InChI=1S/C19H33N3O3/c1-4-11-25-18-9-6-8-17(15-18)16-22-19(20-5-2)21-10-7-12-24-14-13-23-3/h6,8-9,15H,4-5,7,10-14,16H2,1-3H3,(H2,20,21,22). The zero-order valence-electron chi connectivity index (χ0n) is 15.8. The monoisotopic (exact) mass is 351 g/mol. The molecule has 1 rings (SSSR count). The summed E-state index contributed by atoms with van der Waals surface area (Å²) in [5.74, 6) is 1.72. The van der Waals surface area contributed by atoms with Gasteiger partial charge in [0.2, 0.25) is 0 Å². The fraction of sp³-hybridized carbons (Fsp3) is 0.632. The van der Waals surface area contributed by atoms with Crippen molar-refractivity contribution < 1.29 is 14.2 Å². The Kier molecular flexibility index (Phi) is 12.4. The topological polar surface area (TPSA) is 64.1 Å². The van der Waals surface area contributed by atoms with E-state index in [1.165, 1.54) is 0 Å². The van der Waals surface area contributed by atoms with Crippen LogP contribution in [0, 0.1) is 0 Å². The summed E-state index contributed by atoms with van der Waals surface area (Å²) in [6, 6.07) is 8.10. The third-order valence-electron chi connectivity index (χ3n) is 3.32. The van der Waals surface area contributed by atoms with Gasteiger partial charge in [-0.1, -0.05) is 19.1 Å². The molecule has 6 heteroatoms. The molecule has 0 atom stereocenters. The number of hydrogen-bond donors (Lipinski definition) is 2. The van der Waals surface area contributed by atoms with Gasteiger partial charge in [0.05, 0.1) is 26.4 Å². The molecule has 1 aromatic carbocycles. The van der Waals surface area contributed by atoms with Crippen molar-refractivity contribution in [1.29, 1.82) is 0 Å². The highest BCUT2D eigenvalue weighted by atomic mass is 16.5. The normalized spacial score (nSPS) is 11.4. The van der Waals surface area contributed by atoms with Crippen LogP contribution < -0.4 is 15.4 Å². The van der Waals surface area contributed by atoms with E-state index in [2.05, 4.69) is 35.5 Å². The molecule has 0 bridgehead atoms. The molecule has 0 aliphatic carbocycles. The van der Waals surface area contributed by atoms with Crippen LogP contribution >= 0.6 is 0 Å². The van der Waals surface area contributed by atoms with Crippen LogP contribution in [0.5, 0.6) is 5.75 Å². The summed E-state index contributed by atoms with van der Waals surface area (Å²) in [4.78, 5) is 4.63. The van der Waals surface area contributed by atoms with Crippen molar-refractivity contribution in [2.24, 2.45) is 4.99 Å². The van der Waals surface area contributed by atoms with E-state index >= 15 is 0 Å². The van der Waals surface area contributed by atoms with Gasteiger partial charge in [-0.05, 0) is 37.5 Å². The van der Waals surface area contributed by atoms with Crippen LogP contribution in [0.3, 0.4) is 0 Å². The summed E-state index contributed by atoms with van der Waals surface area (Å²) >= 11 is 0. The van der Waals surface area contributed by atoms with Crippen molar-refractivity contribution in [3.05, 3.63) is 29.8 Å². The van der Waals surface area contributed by atoms with Gasteiger partial charge in [0.25, 0.3) is 0 Å². The number of rotatable bonds is 13. The van der Waals surface area contributed by atoms with E-state index in [1.54, 1.807) is 7.11 Å². The first-order valence-corrected chi connectivity index (χ1v) is 9.10. The van der Waals surface area contributed by atoms with E-state index in [0.29, 0.717) is 26.4 Å². The van der Waals surface area contributed by atoms with E-state index in [4.69, 9.17) is 14.2 Å². The minimum atomic E-state index is 0.614. The number of methoxy groups -OCH3 is 1. The highest BCUT2D eigenvalue weighted by Gasteiger charge is 1.99. The summed E-state index contributed by atoms with van der Waals surface area (Å²) in [5, 5.41) is 6.59. The number of nitrogens with one attached hydrogen (secondary N) is 2. The molecular weight excluding hydrogens is 318 g/mol. The number of benzene rings is 1. The lowest BCUT2D eigenvalue weighted by molar-refractivity contribution is 0.0698. The minimum absolute atomic E-state index is 0.614. The number of hydrogen-bond acceptors (Lipinski definition) is 4. The van der Waals surface area contributed by atoms with Crippen molar-refractivity contribution in [1.82, 2.24) is 10.6 Å². The van der Waals surface area contributed by atoms with Gasteiger partial charge in [0.1, 0.15) is 5.75 Å². The highest BCUT2D eigenvalue weighted by molar-refractivity contribution is 5.79. The average molecular weight is 351 g/mol. The quantitative estimate of drug-likeness (QED) is 0.325. The molecule has 0 aromatic heterocycles. The largest absolute Gasteiger partial charge is 0.494 e. The van der Waals surface area contributed by atoms with Gasteiger partial charge in [0.15, 0.2) is 5.96 Å². The molecule has 0 fully saturated rings. The summed E-state index contributed by atoms with van der Waals surface area (Å²) in [6.45, 7) is 9.16. The maximum Gasteiger partial charge on any atom is 0.191 e. The third kappa shape index (κ3) is 10.6. The molecule has 2 N–H and O–H groups in total. The first kappa shape index (κ1) is 21.3. The van der Waals surface area contributed by atoms with Crippen LogP contribution in [0.4, 0.5) is 0 Å². The van der Waals surface area contributed by atoms with Crippen LogP contribution in [0.2, 0.25) is 0 Å². The fourth-order valence-electron chi connectivity index (χ4n) is 2.09. The lowest BCUT2D eigenvalue weighted by Crippen LogP contribution is -2.38. The van der Waals surface area contributed by atoms with Crippen LogP contribution in [-0.2, 0) is 16.0 Å². The van der Waals surface area contributed by atoms with Gasteiger partial charge in [-0.25, -0.2) is 4.99 Å². The molecule has 1 aromatic rings. The predicted molar refractivity (Wildman–Crippen MR) is 102 cm³/mol. The van der Waals surface area contributed by atoms with E-state index < -0.39 is 0 Å². The lowest BCUT2D eigenvalue weighted by atomic mass is 10.2. The smallest absolute Gasteiger partial charge is 0.191 e. The Hall–Kier alpha value is -1.79. The molecular formula is C19H33N3O3. The second-order valence-electron chi connectivity index (χ2n) is 5.58. The van der Waals surface area contributed by atoms with E-state index in [9.17, 15) is 0 Å². The molecule has 0 heterocycles. The Morgan fingerprint density at radius 2 is 1.96 bits per heavy atom. The average Bonchev–Trinajstić information content (AvgIpc) is 2.64. The second-order valence-corrected chi connectivity index (χ2v) is 5.58. The Bertz CT molecular complexity index is 481. The molecule has 0 spiro atoms. The second kappa shape index (κ2) is 14.5. The molecule has 6 nitrogen and oxygen atoms in total. The van der Waals surface area contributed by atoms with Crippen LogP contribution in [-0.4, -0.2) is 52.6 Å². The summed E-state index contributed by atoms with van der Waals surface area (Å²) < 4.78 is 16.1. The van der Waals surface area contributed by atoms with Crippen molar-refractivity contribution in [3.63, 3.8) is 0 Å². The predicted octanol–water partition coefficient (Wildman–Crippen LogP) is 2.58. The summed E-state index contributed by atoms with van der Waals surface area (Å²) in [6.07, 6.45) is 1.93. The van der Waals surface area contributed by atoms with Crippen LogP contribution in [0.25, 0.3) is 0 Å². The first-order valence-electron chi connectivity index (χ1n) is 9.10. The maximum atomic E-state index is 5.67. The van der Waals surface area contributed by atoms with Gasteiger partial charge in [-0.3, -0.25) is 0 Å². The van der Waals surface area contributed by atoms with Gasteiger partial charge in [-0.15, -0.1) is 0 Å². The molecule has 25 heavy (non-hydrogen) atoms. The molecule has 0 amide bonds. The molecule has 0 radical (unpaired) electrons. The van der Waals surface area contributed by atoms with E-state index in [0.717, 1.165) is 49.8 Å². The van der Waals surface area contributed by atoms with Crippen molar-refractivity contribution in [2.45, 2.75) is 33.2 Å². The Balaban J connectivity index is 2.38. The Morgan fingerprint density at radius 3 is 2.72 bits per heavy atom. The van der Waals surface area contributed by atoms with Crippen molar-refractivity contribution in [2.75, 3.05) is 46.6 Å². The number of guanidine groups is 1. The maximum absolute atomic E-state index is 5.67. The third-order valence-corrected chi connectivity index (χ3v) is 3.32. The van der Waals surface area contributed by atoms with Gasteiger partial charge < -0.3 is 24.8 Å². The first-order chi connectivity index (χ1) is 12.3. The lowest BCUT2D eigenvalue weighted by Gasteiger charge is -2.12. The highest BCUT2D eigenvalue weighted by Crippen LogP contribution is 2.14. The summed E-state index contributed by atoms with van der Waals surface area (Å²) in [5.41, 5.74) is 1.13. The number of nitrogens with zero attached hydrogens (tertiary/aromatic N) is 1. The molecule has 0 saturated carbocycles. The molecule has 0 aliphatic rings. The Labute approximate surface area is 152 Å². The molecule has 0 aliphatic heterocycles. The summed E-state index contributed by atoms with van der Waals surface area (Å²) in [7, 11) is 1.68. The van der Waals surface area contributed by atoms with Gasteiger partial charge in [-0.2, -0.15) is 0 Å². The number of ether oxygens (including phenoxy) is 3. The van der Waals surface area contributed by atoms with Crippen LogP contribution in [0.15, 0.2) is 29.3 Å². The van der Waals surface area contributed by atoms with E-state index in [-0.39, 0.29) is 0 Å². The number of aliphatic imine (C=N–C) groups is 1. The Morgan fingerprint density at radius 1 is 1.08 bits per heavy atom. The van der Waals surface area contributed by atoms with Gasteiger partial charge >= 0.3 is 0 Å². The zero-order chi connectivity index (χ0) is 18.2. The SMILES string of the molecule is CCCOc1cccc(CN=C(NCC)NCCCOCCOC)c1. The van der Waals surface area contributed by atoms with E-state index in [1.807, 2.05) is 18.2 Å². The van der Waals surface area contributed by atoms with Crippen LogP contribution in [0.1, 0.15) is 32.3 Å². The zero-order valence-corrected chi connectivity index (χ0v) is 15.8. The molecule has 0 saturated heterocycles. The van der Waals surface area contributed by atoms with Crippen molar-refractivity contribution >= 4 is 5.96 Å². The fourth-order valence-corrected chi connectivity index (χ4v) is 2.09.